The van der Waals surface area contributed by atoms with E-state index in [-0.39, 0.29) is 11.9 Å². The van der Waals surface area contributed by atoms with E-state index in [0.29, 0.717) is 18.0 Å². The van der Waals surface area contributed by atoms with Gasteiger partial charge in [-0.2, -0.15) is 0 Å². The first-order valence-electron chi connectivity index (χ1n) is 7.84. The highest BCUT2D eigenvalue weighted by molar-refractivity contribution is 5.91. The van der Waals surface area contributed by atoms with Gasteiger partial charge in [-0.3, -0.25) is 4.79 Å². The Labute approximate surface area is 137 Å². The highest BCUT2D eigenvalue weighted by Crippen LogP contribution is 2.25. The Morgan fingerprint density at radius 1 is 1.30 bits per heavy atom. The molecule has 1 unspecified atom stereocenters. The molecule has 0 aliphatic heterocycles. The number of nitrogens with two attached hydrogens (primary N) is 1. The fraction of sp³-hybridized carbons (Fsp3) is 0.389. The maximum atomic E-state index is 12.8. The van der Waals surface area contributed by atoms with E-state index in [1.54, 1.807) is 12.1 Å². The fourth-order valence-corrected chi connectivity index (χ4v) is 2.54. The molecule has 0 bridgehead atoms. The summed E-state index contributed by atoms with van der Waals surface area (Å²) in [5.74, 6) is 0.261. The van der Waals surface area contributed by atoms with Crippen LogP contribution in [0.2, 0.25) is 0 Å². The Morgan fingerprint density at radius 2 is 2.04 bits per heavy atom. The maximum Gasteiger partial charge on any atom is 0.290 e. The van der Waals surface area contributed by atoms with Gasteiger partial charge in [-0.1, -0.05) is 6.92 Å². The minimum absolute atomic E-state index is 0.100. The normalized spacial score (nSPS) is 12.0. The van der Waals surface area contributed by atoms with E-state index >= 15 is 0 Å². The number of hydrogen-bond acceptors (Lipinski definition) is 4. The van der Waals surface area contributed by atoms with Gasteiger partial charge in [0.25, 0.3) is 5.91 Å². The number of nitrogens with zero attached hydrogens (tertiary/aromatic N) is 2. The molecule has 0 spiro atoms. The molecule has 23 heavy (non-hydrogen) atoms. The van der Waals surface area contributed by atoms with Crippen molar-refractivity contribution in [1.82, 2.24) is 4.90 Å². The molecule has 1 aromatic heterocycles. The van der Waals surface area contributed by atoms with Gasteiger partial charge >= 0.3 is 0 Å². The van der Waals surface area contributed by atoms with Crippen LogP contribution in [0.4, 0.5) is 11.4 Å². The summed E-state index contributed by atoms with van der Waals surface area (Å²) < 4.78 is 5.28. The molecule has 124 valence electrons. The molecule has 0 radical (unpaired) electrons. The zero-order valence-corrected chi connectivity index (χ0v) is 14.2. The van der Waals surface area contributed by atoms with Crippen molar-refractivity contribution in [2.75, 3.05) is 24.7 Å². The summed E-state index contributed by atoms with van der Waals surface area (Å²) in [7, 11) is 3.97. The van der Waals surface area contributed by atoms with Crippen LogP contribution in [0.3, 0.4) is 0 Å². The minimum atomic E-state index is -0.100. The maximum absolute atomic E-state index is 12.8. The lowest BCUT2D eigenvalue weighted by molar-refractivity contribution is 0.0639. The molecule has 2 N–H and O–H groups in total. The Morgan fingerprint density at radius 3 is 2.61 bits per heavy atom. The van der Waals surface area contributed by atoms with Gasteiger partial charge < -0.3 is 20.0 Å². The van der Waals surface area contributed by atoms with Crippen LogP contribution >= 0.6 is 0 Å². The zero-order valence-electron chi connectivity index (χ0n) is 14.2. The molecule has 1 atom stereocenters. The van der Waals surface area contributed by atoms with Crippen LogP contribution in [0.25, 0.3) is 0 Å². The van der Waals surface area contributed by atoms with Crippen molar-refractivity contribution in [3.63, 3.8) is 0 Å². The number of nitrogen functional groups attached to an aromatic ring is 1. The molecule has 0 aliphatic rings. The van der Waals surface area contributed by atoms with E-state index in [1.807, 2.05) is 49.0 Å². The molecule has 1 amide bonds. The number of benzene rings is 1. The van der Waals surface area contributed by atoms with E-state index in [1.165, 1.54) is 6.26 Å². The Kier molecular flexibility index (Phi) is 5.32. The molecule has 2 aromatic rings. The number of amides is 1. The van der Waals surface area contributed by atoms with Crippen LogP contribution in [-0.2, 0) is 6.54 Å². The van der Waals surface area contributed by atoms with Crippen LogP contribution in [0.5, 0.6) is 0 Å². The van der Waals surface area contributed by atoms with Gasteiger partial charge in [0, 0.05) is 38.1 Å². The Bertz CT molecular complexity index is 650. The molecule has 0 aliphatic carbocycles. The summed E-state index contributed by atoms with van der Waals surface area (Å²) in [5.41, 5.74) is 8.72. The van der Waals surface area contributed by atoms with Crippen molar-refractivity contribution in [3.05, 3.63) is 47.9 Å². The number of anilines is 2. The van der Waals surface area contributed by atoms with Gasteiger partial charge in [0.1, 0.15) is 0 Å². The largest absolute Gasteiger partial charge is 0.459 e. The molecule has 5 nitrogen and oxygen atoms in total. The summed E-state index contributed by atoms with van der Waals surface area (Å²) in [5, 5.41) is 0. The summed E-state index contributed by atoms with van der Waals surface area (Å²) in [6.07, 6.45) is 2.39. The van der Waals surface area contributed by atoms with E-state index in [2.05, 4.69) is 6.92 Å². The predicted molar refractivity (Wildman–Crippen MR) is 93.5 cm³/mol. The van der Waals surface area contributed by atoms with Crippen molar-refractivity contribution in [2.45, 2.75) is 32.9 Å². The van der Waals surface area contributed by atoms with Crippen LogP contribution in [0.1, 0.15) is 36.4 Å². The zero-order chi connectivity index (χ0) is 17.0. The molecule has 1 aromatic carbocycles. The van der Waals surface area contributed by atoms with E-state index in [4.69, 9.17) is 10.2 Å². The van der Waals surface area contributed by atoms with Crippen LogP contribution in [0, 0.1) is 0 Å². The first-order chi connectivity index (χ1) is 10.9. The second-order valence-corrected chi connectivity index (χ2v) is 5.95. The van der Waals surface area contributed by atoms with Gasteiger partial charge in [-0.05, 0) is 49.2 Å². The second kappa shape index (κ2) is 7.22. The molecule has 5 heteroatoms. The number of hydrogen-bond donors (Lipinski definition) is 1. The number of carbonyl (C=O) groups is 1. The molecule has 0 saturated heterocycles. The predicted octanol–water partition coefficient (Wildman–Crippen LogP) is 3.37. The lowest BCUT2D eigenvalue weighted by Gasteiger charge is -2.30. The monoisotopic (exact) mass is 315 g/mol. The van der Waals surface area contributed by atoms with Gasteiger partial charge in [-0.25, -0.2) is 0 Å². The van der Waals surface area contributed by atoms with Crippen LogP contribution in [-0.4, -0.2) is 30.9 Å². The third kappa shape index (κ3) is 3.86. The van der Waals surface area contributed by atoms with Crippen molar-refractivity contribution in [1.29, 1.82) is 0 Å². The van der Waals surface area contributed by atoms with E-state index < -0.39 is 0 Å². The van der Waals surface area contributed by atoms with Crippen LogP contribution < -0.4 is 10.6 Å². The lowest BCUT2D eigenvalue weighted by atomic mass is 10.1. The lowest BCUT2D eigenvalue weighted by Crippen LogP contribution is -2.38. The Hall–Kier alpha value is -2.43. The highest BCUT2D eigenvalue weighted by Gasteiger charge is 2.24. The minimum Gasteiger partial charge on any atom is -0.459 e. The third-order valence-electron chi connectivity index (χ3n) is 4.04. The Balaban J connectivity index is 2.35. The summed E-state index contributed by atoms with van der Waals surface area (Å²) in [6.45, 7) is 4.61. The first kappa shape index (κ1) is 16.9. The standard InChI is InChI=1S/C18H25N3O2/c1-5-13(2)21(18(22)17-7-6-10-23-17)12-14-11-15(19)8-9-16(14)20(3)4/h6-11,13H,5,12,19H2,1-4H3. The average molecular weight is 315 g/mol. The van der Waals surface area contributed by atoms with E-state index in [0.717, 1.165) is 17.7 Å². The van der Waals surface area contributed by atoms with Gasteiger partial charge in [-0.15, -0.1) is 0 Å². The third-order valence-corrected chi connectivity index (χ3v) is 4.04. The highest BCUT2D eigenvalue weighted by atomic mass is 16.3. The van der Waals surface area contributed by atoms with Gasteiger partial charge in [0.2, 0.25) is 0 Å². The quantitative estimate of drug-likeness (QED) is 0.830. The smallest absolute Gasteiger partial charge is 0.290 e. The van der Waals surface area contributed by atoms with Gasteiger partial charge in [0.15, 0.2) is 5.76 Å². The molecule has 0 fully saturated rings. The second-order valence-electron chi connectivity index (χ2n) is 5.95. The fourth-order valence-electron chi connectivity index (χ4n) is 2.54. The van der Waals surface area contributed by atoms with Gasteiger partial charge in [0.05, 0.1) is 6.26 Å². The number of rotatable bonds is 6. The molecular formula is C18H25N3O2. The SMILES string of the molecule is CCC(C)N(Cc1cc(N)ccc1N(C)C)C(=O)c1ccco1. The molecule has 0 saturated carbocycles. The summed E-state index contributed by atoms with van der Waals surface area (Å²) >= 11 is 0. The first-order valence-corrected chi connectivity index (χ1v) is 7.84. The van der Waals surface area contributed by atoms with E-state index in [9.17, 15) is 4.79 Å². The topological polar surface area (TPSA) is 62.7 Å². The van der Waals surface area contributed by atoms with Crippen LogP contribution in [0.15, 0.2) is 41.0 Å². The van der Waals surface area contributed by atoms with Crippen molar-refractivity contribution in [2.24, 2.45) is 0 Å². The summed E-state index contributed by atoms with van der Waals surface area (Å²) in [6, 6.07) is 9.32. The molecular weight excluding hydrogens is 290 g/mol. The molecule has 1 heterocycles. The number of furan rings is 1. The summed E-state index contributed by atoms with van der Waals surface area (Å²) in [4.78, 5) is 16.6. The van der Waals surface area contributed by atoms with Crippen molar-refractivity contribution < 1.29 is 9.21 Å². The number of carbonyl (C=O) groups excluding carboxylic acids is 1. The molecule has 2 rings (SSSR count). The average Bonchev–Trinajstić information content (AvgIpc) is 3.05. The van der Waals surface area contributed by atoms with Crippen molar-refractivity contribution >= 4 is 17.3 Å². The van der Waals surface area contributed by atoms with Crippen molar-refractivity contribution in [3.8, 4) is 0 Å².